The Labute approximate surface area is 147 Å². The summed E-state index contributed by atoms with van der Waals surface area (Å²) >= 11 is 0. The van der Waals surface area contributed by atoms with Crippen LogP contribution in [0.1, 0.15) is 24.0 Å². The van der Waals surface area contributed by atoms with E-state index in [0.29, 0.717) is 31.1 Å². The van der Waals surface area contributed by atoms with Crippen molar-refractivity contribution in [1.29, 1.82) is 0 Å². The minimum Gasteiger partial charge on any atom is -0.497 e. The topological polar surface area (TPSA) is 68.3 Å². The Balaban J connectivity index is 2.27. The number of hydrogen-bond donors (Lipinski definition) is 0. The Hall–Kier alpha value is -2.28. The summed E-state index contributed by atoms with van der Waals surface area (Å²) in [6, 6.07) is 3.75. The minimum absolute atomic E-state index is 0.158. The van der Waals surface area contributed by atoms with E-state index in [1.165, 1.54) is 14.0 Å². The number of carbonyl (C=O) groups is 2. The van der Waals surface area contributed by atoms with Gasteiger partial charge in [-0.05, 0) is 18.7 Å². The normalized spacial score (nSPS) is 25.2. The second kappa shape index (κ2) is 6.22. The van der Waals surface area contributed by atoms with Crippen LogP contribution < -0.4 is 9.47 Å². The summed E-state index contributed by atoms with van der Waals surface area (Å²) in [4.78, 5) is 29.0. The zero-order valence-corrected chi connectivity index (χ0v) is 15.3. The third kappa shape index (κ3) is 2.45. The molecule has 3 rings (SSSR count). The molecule has 0 N–H and O–H groups in total. The van der Waals surface area contributed by atoms with Crippen LogP contribution in [-0.4, -0.2) is 68.7 Å². The average molecular weight is 348 g/mol. The molecule has 2 aliphatic rings. The molecule has 0 aliphatic carbocycles. The highest BCUT2D eigenvalue weighted by molar-refractivity contribution is 5.90. The number of fused-ring (bicyclic) bond motifs is 3. The van der Waals surface area contributed by atoms with Gasteiger partial charge in [-0.15, -0.1) is 0 Å². The van der Waals surface area contributed by atoms with Crippen molar-refractivity contribution in [3.05, 3.63) is 23.3 Å². The summed E-state index contributed by atoms with van der Waals surface area (Å²) in [6.07, 6.45) is 0. The van der Waals surface area contributed by atoms with Gasteiger partial charge in [-0.3, -0.25) is 4.79 Å². The van der Waals surface area contributed by atoms with Crippen molar-refractivity contribution in [1.82, 2.24) is 9.80 Å². The molecule has 1 saturated heterocycles. The molecule has 0 bridgehead atoms. The average Bonchev–Trinajstić information content (AvgIpc) is 2.97. The second-order valence-corrected chi connectivity index (χ2v) is 6.67. The molecule has 1 aromatic rings. The van der Waals surface area contributed by atoms with Crippen LogP contribution in [0, 0.1) is 0 Å². The third-order valence-electron chi connectivity index (χ3n) is 5.35. The van der Waals surface area contributed by atoms with Crippen LogP contribution in [0.2, 0.25) is 0 Å². The number of esters is 1. The van der Waals surface area contributed by atoms with Gasteiger partial charge in [0.15, 0.2) is 5.54 Å². The number of likely N-dealkylation sites (N-methyl/N-ethyl adjacent to an activating group) is 1. The number of likely N-dealkylation sites (tertiary alicyclic amines) is 1. The first-order valence-corrected chi connectivity index (χ1v) is 8.19. The lowest BCUT2D eigenvalue weighted by Gasteiger charge is -2.46. The largest absolute Gasteiger partial charge is 0.497 e. The molecule has 1 amide bonds. The molecule has 136 valence electrons. The van der Waals surface area contributed by atoms with Crippen LogP contribution in [0.5, 0.6) is 11.5 Å². The van der Waals surface area contributed by atoms with Gasteiger partial charge in [0, 0.05) is 37.6 Å². The first kappa shape index (κ1) is 17.5. The highest BCUT2D eigenvalue weighted by Gasteiger charge is 2.60. The summed E-state index contributed by atoms with van der Waals surface area (Å²) in [5.41, 5.74) is 0.862. The molecule has 2 aliphatic heterocycles. The number of hydrogen-bond acceptors (Lipinski definition) is 6. The number of amides is 1. The lowest BCUT2D eigenvalue weighted by Crippen LogP contribution is -2.62. The van der Waals surface area contributed by atoms with Gasteiger partial charge < -0.3 is 24.0 Å². The lowest BCUT2D eigenvalue weighted by molar-refractivity contribution is -0.163. The Bertz CT molecular complexity index is 720. The van der Waals surface area contributed by atoms with Gasteiger partial charge in [0.1, 0.15) is 11.5 Å². The van der Waals surface area contributed by atoms with Crippen LogP contribution >= 0.6 is 0 Å². The van der Waals surface area contributed by atoms with Crippen molar-refractivity contribution in [3.8, 4) is 11.5 Å². The van der Waals surface area contributed by atoms with Crippen LogP contribution in [0.25, 0.3) is 0 Å². The molecule has 2 atom stereocenters. The van der Waals surface area contributed by atoms with Crippen molar-refractivity contribution >= 4 is 11.9 Å². The van der Waals surface area contributed by atoms with Crippen molar-refractivity contribution in [2.24, 2.45) is 0 Å². The molecule has 7 nitrogen and oxygen atoms in total. The van der Waals surface area contributed by atoms with E-state index in [0.717, 1.165) is 11.1 Å². The van der Waals surface area contributed by atoms with Gasteiger partial charge in [0.2, 0.25) is 5.91 Å². The Morgan fingerprint density at radius 2 is 1.92 bits per heavy atom. The standard InChI is InChI=1S/C18H24N2O5/c1-11(21)20-8-14-13(6-12(23-3)7-16(14)24-4)15-9-19(2)10-18(15,20)17(22)25-5/h6-7,15H,8-10H2,1-5H3/t15-,18-/m1/s1. The predicted molar refractivity (Wildman–Crippen MR) is 90.8 cm³/mol. The molecule has 25 heavy (non-hydrogen) atoms. The van der Waals surface area contributed by atoms with Crippen molar-refractivity contribution in [2.75, 3.05) is 41.5 Å². The number of benzene rings is 1. The van der Waals surface area contributed by atoms with E-state index in [4.69, 9.17) is 14.2 Å². The van der Waals surface area contributed by atoms with E-state index in [2.05, 4.69) is 4.90 Å². The molecule has 0 unspecified atom stereocenters. The predicted octanol–water partition coefficient (Wildman–Crippen LogP) is 1.01. The van der Waals surface area contributed by atoms with Crippen molar-refractivity contribution in [3.63, 3.8) is 0 Å². The van der Waals surface area contributed by atoms with Gasteiger partial charge in [0.05, 0.1) is 27.9 Å². The first-order valence-electron chi connectivity index (χ1n) is 8.19. The third-order valence-corrected chi connectivity index (χ3v) is 5.35. The van der Waals surface area contributed by atoms with Gasteiger partial charge in [0.25, 0.3) is 0 Å². The minimum atomic E-state index is -1.03. The number of methoxy groups -OCH3 is 3. The van der Waals surface area contributed by atoms with Gasteiger partial charge in [-0.25, -0.2) is 4.79 Å². The maximum atomic E-state index is 12.8. The molecule has 0 spiro atoms. The molecule has 1 aromatic carbocycles. The summed E-state index contributed by atoms with van der Waals surface area (Å²) in [5.74, 6) is 0.578. The SMILES string of the molecule is COC(=O)[C@@]12CN(C)C[C@@H]1c1cc(OC)cc(OC)c1CN2C(C)=O. The second-order valence-electron chi connectivity index (χ2n) is 6.67. The molecule has 0 saturated carbocycles. The maximum Gasteiger partial charge on any atom is 0.333 e. The molecule has 1 fully saturated rings. The van der Waals surface area contributed by atoms with E-state index in [1.807, 2.05) is 13.1 Å². The molecule has 2 heterocycles. The number of ether oxygens (including phenoxy) is 3. The monoisotopic (exact) mass is 348 g/mol. The van der Waals surface area contributed by atoms with Gasteiger partial charge in [-0.2, -0.15) is 0 Å². The molecular formula is C18H24N2O5. The lowest BCUT2D eigenvalue weighted by atomic mass is 9.74. The number of carbonyl (C=O) groups excluding carboxylic acids is 2. The quantitative estimate of drug-likeness (QED) is 0.760. The zero-order chi connectivity index (χ0) is 18.4. The zero-order valence-electron chi connectivity index (χ0n) is 15.3. The molecule has 0 radical (unpaired) electrons. The Kier molecular flexibility index (Phi) is 4.36. The van der Waals surface area contributed by atoms with Crippen molar-refractivity contribution in [2.45, 2.75) is 24.9 Å². The first-order chi connectivity index (χ1) is 11.9. The van der Waals surface area contributed by atoms with Crippen LogP contribution in [0.3, 0.4) is 0 Å². The van der Waals surface area contributed by atoms with Crippen molar-refractivity contribution < 1.29 is 23.8 Å². The van der Waals surface area contributed by atoms with E-state index in [-0.39, 0.29) is 17.8 Å². The fourth-order valence-corrected chi connectivity index (χ4v) is 4.28. The Morgan fingerprint density at radius 1 is 1.20 bits per heavy atom. The van der Waals surface area contributed by atoms with E-state index in [9.17, 15) is 9.59 Å². The fourth-order valence-electron chi connectivity index (χ4n) is 4.28. The van der Waals surface area contributed by atoms with Crippen LogP contribution in [0.15, 0.2) is 12.1 Å². The molecular weight excluding hydrogens is 324 g/mol. The van der Waals surface area contributed by atoms with Crippen LogP contribution in [-0.2, 0) is 20.9 Å². The smallest absolute Gasteiger partial charge is 0.333 e. The summed E-state index contributed by atoms with van der Waals surface area (Å²) < 4.78 is 16.1. The van der Waals surface area contributed by atoms with Crippen LogP contribution in [0.4, 0.5) is 0 Å². The molecule has 0 aromatic heterocycles. The fraction of sp³-hybridized carbons (Fsp3) is 0.556. The molecule has 7 heteroatoms. The summed E-state index contributed by atoms with van der Waals surface area (Å²) in [6.45, 7) is 2.86. The number of nitrogens with zero attached hydrogens (tertiary/aromatic N) is 2. The van der Waals surface area contributed by atoms with E-state index >= 15 is 0 Å². The Morgan fingerprint density at radius 3 is 2.48 bits per heavy atom. The summed E-state index contributed by atoms with van der Waals surface area (Å²) in [7, 11) is 6.50. The maximum absolute atomic E-state index is 12.8. The van der Waals surface area contributed by atoms with Gasteiger partial charge >= 0.3 is 5.97 Å². The summed E-state index contributed by atoms with van der Waals surface area (Å²) in [5, 5.41) is 0. The van der Waals surface area contributed by atoms with E-state index in [1.54, 1.807) is 25.2 Å². The van der Waals surface area contributed by atoms with E-state index < -0.39 is 5.54 Å². The van der Waals surface area contributed by atoms with Gasteiger partial charge in [-0.1, -0.05) is 0 Å². The number of rotatable bonds is 3. The highest BCUT2D eigenvalue weighted by Crippen LogP contribution is 2.49. The highest BCUT2D eigenvalue weighted by atomic mass is 16.5.